The molecule has 1 saturated heterocycles. The quantitative estimate of drug-likeness (QED) is 0.853. The third kappa shape index (κ3) is 2.81. The van der Waals surface area contributed by atoms with Crippen LogP contribution in [0.15, 0.2) is 30.5 Å². The zero-order chi connectivity index (χ0) is 15.7. The molecule has 116 valence electrons. The fourth-order valence-electron chi connectivity index (χ4n) is 2.68. The Morgan fingerprint density at radius 3 is 2.41 bits per heavy atom. The van der Waals surface area contributed by atoms with Crippen molar-refractivity contribution in [2.75, 3.05) is 31.1 Å². The standard InChI is InChI=1S/C16H19ClN4O/c1-12-3-5-14(19(12)2)16(22)21-9-7-20(8-10-21)15-6-4-13(17)11-18-15/h3-6,11H,7-10H2,1-2H3. The molecule has 3 heterocycles. The highest BCUT2D eigenvalue weighted by Crippen LogP contribution is 2.17. The number of piperazine rings is 1. The number of hydrogen-bond donors (Lipinski definition) is 0. The summed E-state index contributed by atoms with van der Waals surface area (Å²) in [6, 6.07) is 7.63. The van der Waals surface area contributed by atoms with Crippen LogP contribution < -0.4 is 4.90 Å². The molecular formula is C16H19ClN4O. The largest absolute Gasteiger partial charge is 0.353 e. The van der Waals surface area contributed by atoms with Gasteiger partial charge in [0.1, 0.15) is 11.5 Å². The predicted molar refractivity (Wildman–Crippen MR) is 87.5 cm³/mol. The fourth-order valence-corrected chi connectivity index (χ4v) is 2.80. The zero-order valence-electron chi connectivity index (χ0n) is 12.8. The second-order valence-corrected chi connectivity index (χ2v) is 5.97. The lowest BCUT2D eigenvalue weighted by Crippen LogP contribution is -2.49. The lowest BCUT2D eigenvalue weighted by atomic mass is 10.2. The van der Waals surface area contributed by atoms with Gasteiger partial charge < -0.3 is 14.4 Å². The van der Waals surface area contributed by atoms with Gasteiger partial charge in [-0.15, -0.1) is 0 Å². The second kappa shape index (κ2) is 6.01. The first-order valence-electron chi connectivity index (χ1n) is 7.34. The van der Waals surface area contributed by atoms with Crippen molar-refractivity contribution >= 4 is 23.3 Å². The minimum atomic E-state index is 0.0966. The molecule has 5 nitrogen and oxygen atoms in total. The number of nitrogens with zero attached hydrogens (tertiary/aromatic N) is 4. The van der Waals surface area contributed by atoms with Gasteiger partial charge in [-0.3, -0.25) is 4.79 Å². The monoisotopic (exact) mass is 318 g/mol. The molecule has 1 fully saturated rings. The van der Waals surface area contributed by atoms with Gasteiger partial charge in [0.15, 0.2) is 0 Å². The van der Waals surface area contributed by atoms with Crippen molar-refractivity contribution in [2.45, 2.75) is 6.92 Å². The number of pyridine rings is 1. The highest BCUT2D eigenvalue weighted by atomic mass is 35.5. The van der Waals surface area contributed by atoms with Crippen LogP contribution in [-0.4, -0.2) is 46.5 Å². The number of rotatable bonds is 2. The first kappa shape index (κ1) is 14.9. The minimum absolute atomic E-state index is 0.0966. The normalized spacial score (nSPS) is 15.2. The van der Waals surface area contributed by atoms with E-state index >= 15 is 0 Å². The van der Waals surface area contributed by atoms with Crippen molar-refractivity contribution in [1.82, 2.24) is 14.5 Å². The molecule has 0 saturated carbocycles. The summed E-state index contributed by atoms with van der Waals surface area (Å²) in [4.78, 5) is 21.0. The summed E-state index contributed by atoms with van der Waals surface area (Å²) in [7, 11) is 1.93. The molecule has 1 aliphatic rings. The number of carbonyl (C=O) groups excluding carboxylic acids is 1. The third-order valence-electron chi connectivity index (χ3n) is 4.19. The number of hydrogen-bond acceptors (Lipinski definition) is 3. The molecule has 0 spiro atoms. The van der Waals surface area contributed by atoms with Crippen LogP contribution in [0.5, 0.6) is 0 Å². The molecule has 22 heavy (non-hydrogen) atoms. The molecule has 0 bridgehead atoms. The van der Waals surface area contributed by atoms with E-state index in [9.17, 15) is 4.79 Å². The van der Waals surface area contributed by atoms with E-state index in [0.29, 0.717) is 18.1 Å². The number of aromatic nitrogens is 2. The van der Waals surface area contributed by atoms with Crippen LogP contribution in [0, 0.1) is 6.92 Å². The Bertz CT molecular complexity index is 672. The summed E-state index contributed by atoms with van der Waals surface area (Å²) in [6.45, 7) is 4.97. The van der Waals surface area contributed by atoms with Crippen LogP contribution in [0.25, 0.3) is 0 Å². The number of aryl methyl sites for hydroxylation is 1. The lowest BCUT2D eigenvalue weighted by molar-refractivity contribution is 0.0736. The van der Waals surface area contributed by atoms with E-state index in [4.69, 9.17) is 11.6 Å². The maximum absolute atomic E-state index is 12.6. The number of amides is 1. The van der Waals surface area contributed by atoms with Crippen molar-refractivity contribution < 1.29 is 4.79 Å². The van der Waals surface area contributed by atoms with E-state index in [-0.39, 0.29) is 5.91 Å². The van der Waals surface area contributed by atoms with E-state index < -0.39 is 0 Å². The Morgan fingerprint density at radius 2 is 1.86 bits per heavy atom. The van der Waals surface area contributed by atoms with Crippen molar-refractivity contribution in [2.24, 2.45) is 7.05 Å². The van der Waals surface area contributed by atoms with Gasteiger partial charge >= 0.3 is 0 Å². The van der Waals surface area contributed by atoms with E-state index in [1.807, 2.05) is 47.7 Å². The lowest BCUT2D eigenvalue weighted by Gasteiger charge is -2.35. The average Bonchev–Trinajstić information content (AvgIpc) is 2.87. The average molecular weight is 319 g/mol. The zero-order valence-corrected chi connectivity index (χ0v) is 13.5. The Labute approximate surface area is 135 Å². The molecular weight excluding hydrogens is 300 g/mol. The Kier molecular flexibility index (Phi) is 4.07. The molecule has 0 atom stereocenters. The maximum Gasteiger partial charge on any atom is 0.270 e. The van der Waals surface area contributed by atoms with E-state index in [0.717, 1.165) is 30.3 Å². The predicted octanol–water partition coefficient (Wildman–Crippen LogP) is 2.34. The molecule has 2 aromatic rings. The van der Waals surface area contributed by atoms with Gasteiger partial charge in [0.2, 0.25) is 0 Å². The smallest absolute Gasteiger partial charge is 0.270 e. The maximum atomic E-state index is 12.6. The Morgan fingerprint density at radius 1 is 1.14 bits per heavy atom. The van der Waals surface area contributed by atoms with Gasteiger partial charge in [0.25, 0.3) is 5.91 Å². The first-order valence-corrected chi connectivity index (χ1v) is 7.72. The first-order chi connectivity index (χ1) is 10.6. The second-order valence-electron chi connectivity index (χ2n) is 5.53. The highest BCUT2D eigenvalue weighted by Gasteiger charge is 2.24. The number of anilines is 1. The SMILES string of the molecule is Cc1ccc(C(=O)N2CCN(c3ccc(Cl)cn3)CC2)n1C. The van der Waals surface area contributed by atoms with Crippen LogP contribution in [0.4, 0.5) is 5.82 Å². The molecule has 0 aliphatic carbocycles. The van der Waals surface area contributed by atoms with Gasteiger partial charge in [0, 0.05) is 45.1 Å². The van der Waals surface area contributed by atoms with Crippen LogP contribution in [-0.2, 0) is 7.05 Å². The third-order valence-corrected chi connectivity index (χ3v) is 4.42. The van der Waals surface area contributed by atoms with E-state index in [2.05, 4.69) is 9.88 Å². The number of carbonyl (C=O) groups is 1. The van der Waals surface area contributed by atoms with E-state index in [1.54, 1.807) is 6.20 Å². The summed E-state index contributed by atoms with van der Waals surface area (Å²) in [5, 5.41) is 0.636. The van der Waals surface area contributed by atoms with E-state index in [1.165, 1.54) is 0 Å². The van der Waals surface area contributed by atoms with Gasteiger partial charge in [-0.25, -0.2) is 4.98 Å². The topological polar surface area (TPSA) is 41.4 Å². The van der Waals surface area contributed by atoms with Crippen LogP contribution >= 0.6 is 11.6 Å². The molecule has 1 aliphatic heterocycles. The van der Waals surface area contributed by atoms with Gasteiger partial charge in [-0.2, -0.15) is 0 Å². The molecule has 3 rings (SSSR count). The molecule has 6 heteroatoms. The van der Waals surface area contributed by atoms with Crippen molar-refractivity contribution in [1.29, 1.82) is 0 Å². The summed E-state index contributed by atoms with van der Waals surface area (Å²) in [5.41, 5.74) is 1.84. The molecule has 1 amide bonds. The molecule has 2 aromatic heterocycles. The Balaban J connectivity index is 1.65. The van der Waals surface area contributed by atoms with Crippen LogP contribution in [0.2, 0.25) is 5.02 Å². The Hall–Kier alpha value is -2.01. The van der Waals surface area contributed by atoms with Crippen molar-refractivity contribution in [3.8, 4) is 0 Å². The molecule has 0 radical (unpaired) electrons. The van der Waals surface area contributed by atoms with Crippen LogP contribution in [0.3, 0.4) is 0 Å². The van der Waals surface area contributed by atoms with Crippen molar-refractivity contribution in [3.63, 3.8) is 0 Å². The highest BCUT2D eigenvalue weighted by molar-refractivity contribution is 6.30. The van der Waals surface area contributed by atoms with Gasteiger partial charge in [-0.1, -0.05) is 11.6 Å². The molecule has 0 unspecified atom stereocenters. The van der Waals surface area contributed by atoms with Crippen LogP contribution in [0.1, 0.15) is 16.2 Å². The number of halogens is 1. The summed E-state index contributed by atoms with van der Waals surface area (Å²) >= 11 is 5.86. The molecule has 0 N–H and O–H groups in total. The molecule has 0 aromatic carbocycles. The summed E-state index contributed by atoms with van der Waals surface area (Å²) in [5.74, 6) is 1.01. The minimum Gasteiger partial charge on any atom is -0.353 e. The van der Waals surface area contributed by atoms with Crippen molar-refractivity contribution in [3.05, 3.63) is 46.9 Å². The van der Waals surface area contributed by atoms with Gasteiger partial charge in [0.05, 0.1) is 5.02 Å². The fraction of sp³-hybridized carbons (Fsp3) is 0.375. The summed E-state index contributed by atoms with van der Waals surface area (Å²) in [6.07, 6.45) is 1.65. The summed E-state index contributed by atoms with van der Waals surface area (Å²) < 4.78 is 1.94. The van der Waals surface area contributed by atoms with Gasteiger partial charge in [-0.05, 0) is 31.2 Å².